The van der Waals surface area contributed by atoms with E-state index in [1.54, 1.807) is 47.0 Å². The third kappa shape index (κ3) is 3.12. The lowest BCUT2D eigenvalue weighted by atomic mass is 9.96. The Bertz CT molecular complexity index is 1650. The van der Waals surface area contributed by atoms with Crippen LogP contribution in [0.2, 0.25) is 0 Å². The van der Waals surface area contributed by atoms with E-state index >= 15 is 0 Å². The maximum Gasteiger partial charge on any atom is 0.135 e. The highest BCUT2D eigenvalue weighted by molar-refractivity contribution is 8.30. The number of allylic oxidation sites excluding steroid dienone is 2. The van der Waals surface area contributed by atoms with Crippen molar-refractivity contribution in [1.29, 1.82) is 0 Å². The van der Waals surface area contributed by atoms with Crippen LogP contribution < -0.4 is 0 Å². The maximum atomic E-state index is 4.98. The number of fused-ring (bicyclic) bond motifs is 6. The average molecular weight is 511 g/mol. The molecule has 34 heavy (non-hydrogen) atoms. The molecule has 0 saturated carbocycles. The summed E-state index contributed by atoms with van der Waals surface area (Å²) >= 11 is 6.87. The van der Waals surface area contributed by atoms with Crippen molar-refractivity contribution >= 4 is 79.9 Å². The fraction of sp³-hybridized carbons (Fsp3) is 0.0769. The van der Waals surface area contributed by atoms with E-state index in [-0.39, 0.29) is 0 Å². The van der Waals surface area contributed by atoms with E-state index in [2.05, 4.69) is 60.7 Å². The highest BCUT2D eigenvalue weighted by Crippen LogP contribution is 2.60. The number of thioether (sulfide) groups is 4. The van der Waals surface area contributed by atoms with Crippen molar-refractivity contribution in [1.82, 2.24) is 19.9 Å². The molecule has 3 aromatic carbocycles. The molecule has 8 heteroatoms. The van der Waals surface area contributed by atoms with Crippen molar-refractivity contribution in [2.75, 3.05) is 0 Å². The molecule has 0 radical (unpaired) electrons. The Labute approximate surface area is 212 Å². The van der Waals surface area contributed by atoms with E-state index in [0.29, 0.717) is 0 Å². The third-order valence-corrected chi connectivity index (χ3v) is 11.4. The first-order valence-corrected chi connectivity index (χ1v) is 14.2. The molecule has 8 rings (SSSR count). The Morgan fingerprint density at radius 3 is 1.29 bits per heavy atom. The van der Waals surface area contributed by atoms with E-state index in [1.165, 1.54) is 30.4 Å². The molecule has 0 unspecified atom stereocenters. The van der Waals surface area contributed by atoms with Gasteiger partial charge in [0.25, 0.3) is 0 Å². The summed E-state index contributed by atoms with van der Waals surface area (Å²) in [6, 6.07) is 17.1. The van der Waals surface area contributed by atoms with Crippen LogP contribution in [0.15, 0.2) is 89.3 Å². The topological polar surface area (TPSA) is 51.6 Å². The number of rotatable bonds is 0. The Balaban J connectivity index is 1.16. The second kappa shape index (κ2) is 7.49. The van der Waals surface area contributed by atoms with Gasteiger partial charge < -0.3 is 0 Å². The van der Waals surface area contributed by atoms with Crippen LogP contribution in [0.25, 0.3) is 32.8 Å². The van der Waals surface area contributed by atoms with Gasteiger partial charge in [0.1, 0.15) is 20.1 Å². The van der Waals surface area contributed by atoms with Gasteiger partial charge in [0.2, 0.25) is 0 Å². The van der Waals surface area contributed by atoms with Crippen LogP contribution in [-0.4, -0.2) is 19.9 Å². The van der Waals surface area contributed by atoms with Crippen LogP contribution in [-0.2, 0) is 12.8 Å². The summed E-state index contributed by atoms with van der Waals surface area (Å²) in [5, 5.41) is 6.36. The second-order valence-electron chi connectivity index (χ2n) is 8.33. The number of hydrogen-bond acceptors (Lipinski definition) is 8. The lowest BCUT2D eigenvalue weighted by molar-refractivity contribution is 0.974. The summed E-state index contributed by atoms with van der Waals surface area (Å²) in [6.45, 7) is 0. The molecule has 0 saturated heterocycles. The largest absolute Gasteiger partial charge is 0.237 e. The molecule has 0 N–H and O–H groups in total. The normalized spacial score (nSPS) is 16.5. The first-order valence-electron chi connectivity index (χ1n) is 10.9. The molecule has 4 heterocycles. The highest BCUT2D eigenvalue weighted by Gasteiger charge is 2.31. The quantitative estimate of drug-likeness (QED) is 0.156. The number of nitrogens with zero attached hydrogens (tertiary/aromatic N) is 4. The molecule has 0 spiro atoms. The van der Waals surface area contributed by atoms with Gasteiger partial charge in [0.15, 0.2) is 0 Å². The lowest BCUT2D eigenvalue weighted by Crippen LogP contribution is -1.99. The number of aromatic nitrogens is 4. The number of hydrogen-bond donors (Lipinski definition) is 0. The Hall–Kier alpha value is -2.52. The predicted octanol–water partition coefficient (Wildman–Crippen LogP) is 7.60. The summed E-state index contributed by atoms with van der Waals surface area (Å²) in [5.74, 6) is 0. The minimum Gasteiger partial charge on any atom is -0.237 e. The summed E-state index contributed by atoms with van der Waals surface area (Å²) in [5.41, 5.74) is 6.60. The molecule has 0 fully saturated rings. The van der Waals surface area contributed by atoms with E-state index in [0.717, 1.165) is 55.0 Å². The van der Waals surface area contributed by atoms with Crippen molar-refractivity contribution in [3.05, 3.63) is 80.3 Å². The van der Waals surface area contributed by atoms with Crippen molar-refractivity contribution in [3.8, 4) is 0 Å². The molecule has 2 aromatic heterocycles. The molecule has 5 aromatic rings. The van der Waals surface area contributed by atoms with E-state index in [1.807, 2.05) is 0 Å². The van der Waals surface area contributed by atoms with Crippen molar-refractivity contribution in [3.63, 3.8) is 0 Å². The summed E-state index contributed by atoms with van der Waals surface area (Å²) < 4.78 is 2.44. The molecule has 1 aliphatic carbocycles. The molecule has 162 valence electrons. The second-order valence-corrected chi connectivity index (χ2v) is 12.8. The zero-order chi connectivity index (χ0) is 22.2. The number of benzene rings is 3. The highest BCUT2D eigenvalue weighted by atomic mass is 32.2. The van der Waals surface area contributed by atoms with Gasteiger partial charge in [0, 0.05) is 0 Å². The van der Waals surface area contributed by atoms with Gasteiger partial charge in [-0.3, -0.25) is 0 Å². The van der Waals surface area contributed by atoms with Crippen molar-refractivity contribution in [2.45, 2.75) is 32.9 Å². The molecule has 3 aliphatic rings. The van der Waals surface area contributed by atoms with Gasteiger partial charge in [-0.05, 0) is 59.0 Å². The van der Waals surface area contributed by atoms with E-state index < -0.39 is 0 Å². The lowest BCUT2D eigenvalue weighted by Gasteiger charge is -2.11. The zero-order valence-corrected chi connectivity index (χ0v) is 20.9. The molecular weight excluding hydrogens is 497 g/mol. The SMILES string of the molecule is C1=CCc2cc3nc4c(nc3cc2C1)SC(=C1Sc2nc3cc5ccccc5cc3nc2S1)S4. The van der Waals surface area contributed by atoms with Crippen molar-refractivity contribution in [2.24, 2.45) is 0 Å². The van der Waals surface area contributed by atoms with Gasteiger partial charge in [-0.2, -0.15) is 0 Å². The van der Waals surface area contributed by atoms with E-state index in [4.69, 9.17) is 19.9 Å². The molecule has 2 aliphatic heterocycles. The third-order valence-electron chi connectivity index (χ3n) is 6.16. The van der Waals surface area contributed by atoms with Crippen LogP contribution >= 0.6 is 47.0 Å². The van der Waals surface area contributed by atoms with E-state index in [9.17, 15) is 0 Å². The Morgan fingerprint density at radius 1 is 0.500 bits per heavy atom. The molecule has 0 bridgehead atoms. The smallest absolute Gasteiger partial charge is 0.135 e. The van der Waals surface area contributed by atoms with Crippen LogP contribution in [0.5, 0.6) is 0 Å². The molecule has 0 atom stereocenters. The monoisotopic (exact) mass is 510 g/mol. The fourth-order valence-corrected chi connectivity index (χ4v) is 9.42. The van der Waals surface area contributed by atoms with Gasteiger partial charge in [-0.1, -0.05) is 83.5 Å². The minimum atomic E-state index is 0.944. The Morgan fingerprint density at radius 2 is 0.882 bits per heavy atom. The maximum absolute atomic E-state index is 4.98. The first-order chi connectivity index (χ1) is 16.8. The van der Waals surface area contributed by atoms with Gasteiger partial charge in [0.05, 0.1) is 30.5 Å². The van der Waals surface area contributed by atoms with Gasteiger partial charge in [-0.25, -0.2) is 19.9 Å². The molecular formula is C26H14N4S4. The average Bonchev–Trinajstić information content (AvgIpc) is 3.46. The van der Waals surface area contributed by atoms with Gasteiger partial charge >= 0.3 is 0 Å². The fourth-order valence-electron chi connectivity index (χ4n) is 4.49. The van der Waals surface area contributed by atoms with Gasteiger partial charge in [-0.15, -0.1) is 0 Å². The standard InChI is InChI=1S/C26H14N4S4/c1-2-6-14-10-18-17(9-13(14)5-1)27-21-22(28-18)32-25(31-21)26-33-23-24(34-26)30-20-12-16-8-4-3-7-15(16)11-19(20)29-23/h1-6,9-12H,7-8H2. The molecule has 0 amide bonds. The molecule has 4 nitrogen and oxygen atoms in total. The van der Waals surface area contributed by atoms with Crippen molar-refractivity contribution < 1.29 is 0 Å². The first kappa shape index (κ1) is 19.8. The summed E-state index contributed by atoms with van der Waals surface area (Å²) in [6.07, 6.45) is 6.44. The predicted molar refractivity (Wildman–Crippen MR) is 144 cm³/mol. The van der Waals surface area contributed by atoms with Crippen LogP contribution in [0.3, 0.4) is 0 Å². The summed E-state index contributed by atoms with van der Waals surface area (Å²) in [4.78, 5) is 19.9. The van der Waals surface area contributed by atoms with Crippen LogP contribution in [0, 0.1) is 0 Å². The van der Waals surface area contributed by atoms with Crippen LogP contribution in [0.4, 0.5) is 0 Å². The zero-order valence-electron chi connectivity index (χ0n) is 17.6. The van der Waals surface area contributed by atoms with Crippen LogP contribution in [0.1, 0.15) is 11.1 Å². The Kier molecular flexibility index (Phi) is 4.35. The minimum absolute atomic E-state index is 0.944. The summed E-state index contributed by atoms with van der Waals surface area (Å²) in [7, 11) is 0.